The highest BCUT2D eigenvalue weighted by Crippen LogP contribution is 2.30. The lowest BCUT2D eigenvalue weighted by Crippen LogP contribution is -2.43. The minimum atomic E-state index is -3.15. The first-order valence-electron chi connectivity index (χ1n) is 10.0. The molecule has 0 radical (unpaired) electrons. The number of carbonyl (C=O) groups excluding carboxylic acids is 1. The second kappa shape index (κ2) is 9.01. The maximum atomic E-state index is 12.9. The molecule has 0 bridgehead atoms. The third-order valence-corrected chi connectivity index (χ3v) is 7.30. The van der Waals surface area contributed by atoms with E-state index in [1.165, 1.54) is 17.0 Å². The predicted molar refractivity (Wildman–Crippen MR) is 110 cm³/mol. The topological polar surface area (TPSA) is 66.9 Å². The predicted octanol–water partition coefficient (Wildman–Crippen LogP) is 3.55. The number of piperidine rings is 2. The average molecular weight is 429 g/mol. The summed E-state index contributed by atoms with van der Waals surface area (Å²) in [5, 5.41) is 0.418. The summed E-state index contributed by atoms with van der Waals surface area (Å²) in [5.41, 5.74) is 0.588. The summed E-state index contributed by atoms with van der Waals surface area (Å²) < 4.78 is 30.7. The van der Waals surface area contributed by atoms with Crippen molar-refractivity contribution in [2.75, 3.05) is 25.9 Å². The molecule has 8 heteroatoms. The molecule has 28 heavy (non-hydrogen) atoms. The Hall–Kier alpha value is -1.31. The SMILES string of the molecule is CC[C@@H]1CCCCN1C(=O)c1ccc(OC2CCN(S(C)(=O)=O)CC2)c(Cl)c1. The van der Waals surface area contributed by atoms with Crippen LogP contribution in [0, 0.1) is 0 Å². The second-order valence-corrected chi connectivity index (χ2v) is 10.1. The number of rotatable bonds is 5. The molecule has 1 aromatic rings. The quantitative estimate of drug-likeness (QED) is 0.719. The van der Waals surface area contributed by atoms with Crippen LogP contribution in [0.2, 0.25) is 5.02 Å². The van der Waals surface area contributed by atoms with Crippen molar-refractivity contribution in [3.63, 3.8) is 0 Å². The Kier molecular flexibility index (Phi) is 6.89. The van der Waals surface area contributed by atoms with Gasteiger partial charge in [0.1, 0.15) is 11.9 Å². The van der Waals surface area contributed by atoms with Gasteiger partial charge in [-0.15, -0.1) is 0 Å². The Morgan fingerprint density at radius 3 is 2.50 bits per heavy atom. The molecule has 2 saturated heterocycles. The number of ether oxygens (including phenoxy) is 1. The van der Waals surface area contributed by atoms with Gasteiger partial charge in [-0.05, 0) is 56.7 Å². The fourth-order valence-corrected chi connectivity index (χ4v) is 5.15. The van der Waals surface area contributed by atoms with Crippen molar-refractivity contribution in [1.29, 1.82) is 0 Å². The van der Waals surface area contributed by atoms with Crippen molar-refractivity contribution in [3.8, 4) is 5.75 Å². The van der Waals surface area contributed by atoms with E-state index in [4.69, 9.17) is 16.3 Å². The summed E-state index contributed by atoms with van der Waals surface area (Å²) >= 11 is 6.40. The number of carbonyl (C=O) groups is 1. The molecule has 0 saturated carbocycles. The van der Waals surface area contributed by atoms with Crippen LogP contribution in [0.15, 0.2) is 18.2 Å². The highest BCUT2D eigenvalue weighted by atomic mass is 35.5. The highest BCUT2D eigenvalue weighted by Gasteiger charge is 2.28. The first-order valence-corrected chi connectivity index (χ1v) is 12.2. The van der Waals surface area contributed by atoms with E-state index in [1.807, 2.05) is 4.90 Å². The number of hydrogen-bond acceptors (Lipinski definition) is 4. The van der Waals surface area contributed by atoms with E-state index >= 15 is 0 Å². The first-order chi connectivity index (χ1) is 13.3. The Labute approximate surface area is 172 Å². The van der Waals surface area contributed by atoms with Gasteiger partial charge in [0.05, 0.1) is 11.3 Å². The molecule has 0 spiro atoms. The highest BCUT2D eigenvalue weighted by molar-refractivity contribution is 7.88. The van der Waals surface area contributed by atoms with Crippen LogP contribution in [0.3, 0.4) is 0 Å². The molecular weight excluding hydrogens is 400 g/mol. The fraction of sp³-hybridized carbons (Fsp3) is 0.650. The van der Waals surface area contributed by atoms with Crippen LogP contribution in [0.5, 0.6) is 5.75 Å². The van der Waals surface area contributed by atoms with Crippen LogP contribution in [-0.4, -0.2) is 61.6 Å². The van der Waals surface area contributed by atoms with Crippen LogP contribution >= 0.6 is 11.6 Å². The van der Waals surface area contributed by atoms with E-state index in [0.29, 0.717) is 48.3 Å². The van der Waals surface area contributed by atoms with Crippen molar-refractivity contribution in [1.82, 2.24) is 9.21 Å². The van der Waals surface area contributed by atoms with Crippen LogP contribution < -0.4 is 4.74 Å². The molecule has 6 nitrogen and oxygen atoms in total. The Morgan fingerprint density at radius 1 is 1.18 bits per heavy atom. The van der Waals surface area contributed by atoms with Gasteiger partial charge in [-0.3, -0.25) is 4.79 Å². The van der Waals surface area contributed by atoms with E-state index in [-0.39, 0.29) is 12.0 Å². The molecular formula is C20H29ClN2O4S. The number of halogens is 1. The van der Waals surface area contributed by atoms with Crippen molar-refractivity contribution in [3.05, 3.63) is 28.8 Å². The van der Waals surface area contributed by atoms with Gasteiger partial charge in [0, 0.05) is 31.2 Å². The van der Waals surface area contributed by atoms with E-state index in [1.54, 1.807) is 18.2 Å². The first kappa shape index (κ1) is 21.4. The zero-order chi connectivity index (χ0) is 20.3. The number of benzene rings is 1. The molecule has 2 aliphatic rings. The van der Waals surface area contributed by atoms with Gasteiger partial charge in [0.2, 0.25) is 10.0 Å². The minimum Gasteiger partial charge on any atom is -0.489 e. The molecule has 1 atom stereocenters. The Balaban J connectivity index is 1.64. The molecule has 2 fully saturated rings. The molecule has 1 amide bonds. The lowest BCUT2D eigenvalue weighted by atomic mass is 9.99. The molecule has 1 aromatic carbocycles. The van der Waals surface area contributed by atoms with Gasteiger partial charge in [0.15, 0.2) is 0 Å². The van der Waals surface area contributed by atoms with E-state index in [2.05, 4.69) is 6.92 Å². The summed E-state index contributed by atoms with van der Waals surface area (Å²) in [7, 11) is -3.15. The van der Waals surface area contributed by atoms with Crippen LogP contribution in [-0.2, 0) is 10.0 Å². The normalized spacial score (nSPS) is 22.2. The van der Waals surface area contributed by atoms with Crippen molar-refractivity contribution < 1.29 is 17.9 Å². The summed E-state index contributed by atoms with van der Waals surface area (Å²) in [5.74, 6) is 0.572. The second-order valence-electron chi connectivity index (χ2n) is 7.68. The van der Waals surface area contributed by atoms with Gasteiger partial charge in [0.25, 0.3) is 5.91 Å². The number of sulfonamides is 1. The van der Waals surface area contributed by atoms with Crippen molar-refractivity contribution in [2.45, 2.75) is 57.6 Å². The minimum absolute atomic E-state index is 0.0291. The Morgan fingerprint density at radius 2 is 1.89 bits per heavy atom. The standard InChI is InChI=1S/C20H29ClN2O4S/c1-3-16-6-4-5-11-23(16)20(24)15-7-8-19(18(21)14-15)27-17-9-12-22(13-10-17)28(2,25)26/h7-8,14,16-17H,3-6,9-13H2,1-2H3/t16-/m1/s1. The molecule has 3 rings (SSSR count). The van der Waals surface area contributed by atoms with E-state index in [9.17, 15) is 13.2 Å². The smallest absolute Gasteiger partial charge is 0.254 e. The zero-order valence-electron chi connectivity index (χ0n) is 16.6. The maximum absolute atomic E-state index is 12.9. The van der Waals surface area contributed by atoms with Gasteiger partial charge in [-0.25, -0.2) is 12.7 Å². The summed E-state index contributed by atoms with van der Waals surface area (Å²) in [4.78, 5) is 14.9. The maximum Gasteiger partial charge on any atom is 0.254 e. The third kappa shape index (κ3) is 4.99. The molecule has 2 heterocycles. The molecule has 0 unspecified atom stereocenters. The number of amides is 1. The Bertz CT molecular complexity index is 806. The van der Waals surface area contributed by atoms with Gasteiger partial charge >= 0.3 is 0 Å². The summed E-state index contributed by atoms with van der Waals surface area (Å²) in [6.45, 7) is 3.82. The number of hydrogen-bond donors (Lipinski definition) is 0. The van der Waals surface area contributed by atoms with Crippen LogP contribution in [0.25, 0.3) is 0 Å². The molecule has 0 aromatic heterocycles. The summed E-state index contributed by atoms with van der Waals surface area (Å²) in [6, 6.07) is 5.52. The van der Waals surface area contributed by atoms with Crippen LogP contribution in [0.4, 0.5) is 0 Å². The largest absolute Gasteiger partial charge is 0.489 e. The van der Waals surface area contributed by atoms with Crippen molar-refractivity contribution in [2.24, 2.45) is 0 Å². The van der Waals surface area contributed by atoms with E-state index < -0.39 is 10.0 Å². The van der Waals surface area contributed by atoms with E-state index in [0.717, 1.165) is 25.8 Å². The molecule has 2 aliphatic heterocycles. The molecule has 0 aliphatic carbocycles. The monoisotopic (exact) mass is 428 g/mol. The third-order valence-electron chi connectivity index (χ3n) is 5.70. The lowest BCUT2D eigenvalue weighted by molar-refractivity contribution is 0.0608. The number of nitrogens with zero attached hydrogens (tertiary/aromatic N) is 2. The molecule has 156 valence electrons. The van der Waals surface area contributed by atoms with Gasteiger partial charge in [-0.1, -0.05) is 18.5 Å². The van der Waals surface area contributed by atoms with Gasteiger partial charge < -0.3 is 9.64 Å². The summed E-state index contributed by atoms with van der Waals surface area (Å²) in [6.07, 6.45) is 6.63. The number of likely N-dealkylation sites (tertiary alicyclic amines) is 1. The van der Waals surface area contributed by atoms with Crippen molar-refractivity contribution >= 4 is 27.5 Å². The zero-order valence-corrected chi connectivity index (χ0v) is 18.1. The van der Waals surface area contributed by atoms with Gasteiger partial charge in [-0.2, -0.15) is 0 Å². The average Bonchev–Trinajstić information content (AvgIpc) is 2.68. The van der Waals surface area contributed by atoms with Crippen LogP contribution in [0.1, 0.15) is 55.8 Å². The lowest BCUT2D eigenvalue weighted by Gasteiger charge is -2.35. The fourth-order valence-electron chi connectivity index (χ4n) is 4.05. The molecule has 0 N–H and O–H groups in total.